The van der Waals surface area contributed by atoms with E-state index in [1.807, 2.05) is 36.1 Å². The second kappa shape index (κ2) is 9.37. The van der Waals surface area contributed by atoms with Crippen molar-refractivity contribution in [1.82, 2.24) is 9.47 Å². The van der Waals surface area contributed by atoms with E-state index in [-0.39, 0.29) is 6.03 Å². The summed E-state index contributed by atoms with van der Waals surface area (Å²) in [5.41, 5.74) is 5.41. The lowest BCUT2D eigenvalue weighted by Crippen LogP contribution is -2.37. The van der Waals surface area contributed by atoms with Gasteiger partial charge < -0.3 is 19.5 Å². The quantitative estimate of drug-likeness (QED) is 0.395. The molecule has 2 aromatic heterocycles. The van der Waals surface area contributed by atoms with Gasteiger partial charge in [0.1, 0.15) is 0 Å². The highest BCUT2D eigenvalue weighted by atomic mass is 32.1. The molecule has 4 rings (SSSR count). The third kappa shape index (κ3) is 4.50. The van der Waals surface area contributed by atoms with Crippen LogP contribution in [-0.4, -0.2) is 35.8 Å². The van der Waals surface area contributed by atoms with Crippen molar-refractivity contribution in [3.8, 4) is 10.6 Å². The van der Waals surface area contributed by atoms with Gasteiger partial charge in [-0.1, -0.05) is 42.0 Å². The predicted octanol–water partition coefficient (Wildman–Crippen LogP) is 5.90. The minimum absolute atomic E-state index is 0.133. The van der Waals surface area contributed by atoms with Crippen LogP contribution in [0.15, 0.2) is 66.0 Å². The highest BCUT2D eigenvalue weighted by Crippen LogP contribution is 2.36. The first-order valence-electron chi connectivity index (χ1n) is 10.3. The zero-order valence-corrected chi connectivity index (χ0v) is 18.9. The first kappa shape index (κ1) is 21.2. The van der Waals surface area contributed by atoms with E-state index in [4.69, 9.17) is 4.74 Å². The van der Waals surface area contributed by atoms with Gasteiger partial charge in [0.2, 0.25) is 0 Å². The Kier molecular flexibility index (Phi) is 6.39. The molecule has 160 valence electrons. The van der Waals surface area contributed by atoms with Crippen LogP contribution in [0.2, 0.25) is 0 Å². The number of nitrogens with zero attached hydrogens (tertiary/aromatic N) is 2. The Morgan fingerprint density at radius 2 is 1.87 bits per heavy atom. The molecular weight excluding hydrogens is 406 g/mol. The van der Waals surface area contributed by atoms with E-state index in [0.717, 1.165) is 28.0 Å². The predicted molar refractivity (Wildman–Crippen MR) is 129 cm³/mol. The Hall–Kier alpha value is -3.09. The molecule has 0 spiro atoms. The van der Waals surface area contributed by atoms with Crippen molar-refractivity contribution < 1.29 is 9.53 Å². The maximum atomic E-state index is 13.2. The molecule has 2 heterocycles. The average molecular weight is 434 g/mol. The molecule has 0 atom stereocenters. The topological polar surface area (TPSA) is 46.5 Å². The molecular formula is C25H27N3O2S. The molecule has 0 radical (unpaired) electrons. The van der Waals surface area contributed by atoms with Crippen molar-refractivity contribution in [2.75, 3.05) is 25.6 Å². The van der Waals surface area contributed by atoms with Crippen molar-refractivity contribution in [3.05, 3.63) is 77.2 Å². The van der Waals surface area contributed by atoms with Crippen molar-refractivity contribution in [3.63, 3.8) is 0 Å². The molecule has 4 aromatic rings. The van der Waals surface area contributed by atoms with Crippen molar-refractivity contribution in [1.29, 1.82) is 0 Å². The molecule has 6 heteroatoms. The molecule has 1 N–H and O–H groups in total. The Labute approximate surface area is 186 Å². The number of hydrogen-bond donors (Lipinski definition) is 1. The zero-order valence-electron chi connectivity index (χ0n) is 18.1. The molecule has 5 nitrogen and oxygen atoms in total. The number of nitrogens with one attached hydrogen (secondary N) is 1. The summed E-state index contributed by atoms with van der Waals surface area (Å²) < 4.78 is 7.52. The van der Waals surface area contributed by atoms with E-state index < -0.39 is 0 Å². The van der Waals surface area contributed by atoms with Gasteiger partial charge in [-0.25, -0.2) is 4.79 Å². The summed E-state index contributed by atoms with van der Waals surface area (Å²) in [6.07, 6.45) is 0. The van der Waals surface area contributed by atoms with Crippen LogP contribution >= 0.6 is 11.3 Å². The van der Waals surface area contributed by atoms with Crippen LogP contribution in [0.3, 0.4) is 0 Å². The third-order valence-electron chi connectivity index (χ3n) is 5.47. The highest BCUT2D eigenvalue weighted by Gasteiger charge is 2.22. The Bertz CT molecular complexity index is 1160. The Morgan fingerprint density at radius 3 is 2.58 bits per heavy atom. The number of methoxy groups -OCH3 is 1. The number of thiophene rings is 1. The van der Waals surface area contributed by atoms with E-state index in [1.54, 1.807) is 18.4 Å². The van der Waals surface area contributed by atoms with Crippen LogP contribution in [0, 0.1) is 6.92 Å². The smallest absolute Gasteiger partial charge is 0.322 e. The summed E-state index contributed by atoms with van der Waals surface area (Å²) in [5, 5.41) is 6.29. The monoisotopic (exact) mass is 433 g/mol. The Balaban J connectivity index is 1.70. The third-order valence-corrected chi connectivity index (χ3v) is 6.35. The minimum Gasteiger partial charge on any atom is -0.383 e. The molecule has 2 aromatic carbocycles. The number of carbonyl (C=O) groups excluding carboxylic acids is 1. The number of fused-ring (bicyclic) bond motifs is 1. The van der Waals surface area contributed by atoms with Crippen LogP contribution in [0.5, 0.6) is 0 Å². The molecule has 0 bridgehead atoms. The average Bonchev–Trinajstić information content (AvgIpc) is 3.39. The molecule has 0 aliphatic carbocycles. The number of aryl methyl sites for hydroxylation is 2. The summed E-state index contributed by atoms with van der Waals surface area (Å²) in [5.74, 6) is 0. The van der Waals surface area contributed by atoms with Gasteiger partial charge in [-0.3, -0.25) is 0 Å². The lowest BCUT2D eigenvalue weighted by molar-refractivity contribution is 0.153. The largest absolute Gasteiger partial charge is 0.383 e. The van der Waals surface area contributed by atoms with Gasteiger partial charge >= 0.3 is 6.03 Å². The van der Waals surface area contributed by atoms with Crippen molar-refractivity contribution >= 4 is 34.0 Å². The maximum Gasteiger partial charge on any atom is 0.322 e. The molecule has 0 aliphatic rings. The first-order chi connectivity index (χ1) is 15.1. The van der Waals surface area contributed by atoms with E-state index in [0.29, 0.717) is 19.7 Å². The number of carbonyl (C=O) groups is 1. The molecule has 0 saturated carbocycles. The summed E-state index contributed by atoms with van der Waals surface area (Å²) in [7, 11) is 3.75. The number of amides is 2. The molecule has 31 heavy (non-hydrogen) atoms. The minimum atomic E-state index is -0.133. The summed E-state index contributed by atoms with van der Waals surface area (Å²) >= 11 is 1.71. The molecule has 0 aliphatic heterocycles. The van der Waals surface area contributed by atoms with Gasteiger partial charge in [-0.15, -0.1) is 11.3 Å². The van der Waals surface area contributed by atoms with Crippen LogP contribution in [0.25, 0.3) is 21.5 Å². The molecule has 2 amide bonds. The van der Waals surface area contributed by atoms with Gasteiger partial charge in [-0.05, 0) is 36.6 Å². The van der Waals surface area contributed by atoms with Gasteiger partial charge in [0, 0.05) is 42.9 Å². The number of ether oxygens (including phenoxy) is 1. The van der Waals surface area contributed by atoms with Gasteiger partial charge in [0.25, 0.3) is 0 Å². The van der Waals surface area contributed by atoms with Crippen LogP contribution in [0.1, 0.15) is 11.1 Å². The van der Waals surface area contributed by atoms with Gasteiger partial charge in [-0.2, -0.15) is 0 Å². The summed E-state index contributed by atoms with van der Waals surface area (Å²) in [6.45, 7) is 3.50. The molecule has 0 fully saturated rings. The lowest BCUT2D eigenvalue weighted by atomic mass is 10.1. The summed E-state index contributed by atoms with van der Waals surface area (Å²) in [6, 6.07) is 20.3. The van der Waals surface area contributed by atoms with Crippen LogP contribution in [-0.2, 0) is 18.3 Å². The standard InChI is InChI=1S/C25H27N3O2S/c1-18-10-12-19(13-11-18)26-25(29)28(14-15-30-3)17-21-20-7-4-5-8-22(20)27(2)24(21)23-9-6-16-31-23/h4-13,16H,14-15,17H2,1-3H3,(H,26,29). The number of rotatable bonds is 7. The number of urea groups is 1. The van der Waals surface area contributed by atoms with Crippen LogP contribution < -0.4 is 5.32 Å². The van der Waals surface area contributed by atoms with E-state index in [9.17, 15) is 4.79 Å². The van der Waals surface area contributed by atoms with E-state index in [2.05, 4.69) is 58.7 Å². The fourth-order valence-corrected chi connectivity index (χ4v) is 4.68. The fourth-order valence-electron chi connectivity index (χ4n) is 3.84. The van der Waals surface area contributed by atoms with Crippen molar-refractivity contribution in [2.24, 2.45) is 7.05 Å². The van der Waals surface area contributed by atoms with E-state index in [1.165, 1.54) is 10.3 Å². The maximum absolute atomic E-state index is 13.2. The number of hydrogen-bond acceptors (Lipinski definition) is 3. The number of anilines is 1. The number of benzene rings is 2. The van der Waals surface area contributed by atoms with Gasteiger partial charge in [0.15, 0.2) is 0 Å². The Morgan fingerprint density at radius 1 is 1.10 bits per heavy atom. The summed E-state index contributed by atoms with van der Waals surface area (Å²) in [4.78, 5) is 16.2. The SMILES string of the molecule is COCCN(Cc1c(-c2cccs2)n(C)c2ccccc12)C(=O)Nc1ccc(C)cc1. The fraction of sp³-hybridized carbons (Fsp3) is 0.240. The highest BCUT2D eigenvalue weighted by molar-refractivity contribution is 7.13. The first-order valence-corrected chi connectivity index (χ1v) is 11.2. The van der Waals surface area contributed by atoms with E-state index >= 15 is 0 Å². The van der Waals surface area contributed by atoms with Gasteiger partial charge in [0.05, 0.1) is 23.7 Å². The van der Waals surface area contributed by atoms with Crippen molar-refractivity contribution in [2.45, 2.75) is 13.5 Å². The second-order valence-corrected chi connectivity index (χ2v) is 8.54. The lowest BCUT2D eigenvalue weighted by Gasteiger charge is -2.23. The molecule has 0 saturated heterocycles. The number of para-hydroxylation sites is 1. The zero-order chi connectivity index (χ0) is 21.8. The second-order valence-electron chi connectivity index (χ2n) is 7.59. The normalized spacial score (nSPS) is 11.1. The van der Waals surface area contributed by atoms with Crippen LogP contribution in [0.4, 0.5) is 10.5 Å². The number of aromatic nitrogens is 1. The molecule has 0 unspecified atom stereocenters.